The summed E-state index contributed by atoms with van der Waals surface area (Å²) < 4.78 is 28.2. The van der Waals surface area contributed by atoms with Gasteiger partial charge in [-0.2, -0.15) is 0 Å². The first-order valence-electron chi connectivity index (χ1n) is 3.92. The Bertz CT molecular complexity index is 429. The van der Waals surface area contributed by atoms with E-state index in [0.717, 1.165) is 0 Å². The molecule has 1 aromatic carbocycles. The van der Waals surface area contributed by atoms with E-state index in [4.69, 9.17) is 39.5 Å². The number of Topliss-reactive ketones (excluding diaryl/α,β-unsaturated/α-hetero) is 1. The summed E-state index contributed by atoms with van der Waals surface area (Å²) in [6.45, 7) is 0. The van der Waals surface area contributed by atoms with Gasteiger partial charge in [0, 0.05) is 6.07 Å². The smallest absolute Gasteiger partial charge is 0.253 e. The number of rotatable bonds is 2. The number of carbonyl (C=O) groups is 1. The maximum absolute atomic E-state index is 12.9. The number of carbonyl (C=O) groups excluding carboxylic acids is 1. The molecule has 88 valence electrons. The fourth-order valence-electron chi connectivity index (χ4n) is 1.03. The summed E-state index contributed by atoms with van der Waals surface area (Å²) in [6, 6.07) is 1.33. The molecule has 0 atom stereocenters. The molecule has 0 N–H and O–H groups in total. The van der Waals surface area contributed by atoms with Gasteiger partial charge in [0.1, 0.15) is 5.75 Å². The van der Waals surface area contributed by atoms with Crippen LogP contribution in [-0.4, -0.2) is 16.7 Å². The minimum Gasteiger partial charge on any atom is -0.496 e. The van der Waals surface area contributed by atoms with Crippen molar-refractivity contribution in [3.63, 3.8) is 0 Å². The van der Waals surface area contributed by atoms with Crippen molar-refractivity contribution in [3.05, 3.63) is 29.3 Å². The van der Waals surface area contributed by atoms with Gasteiger partial charge in [0.05, 0.1) is 12.7 Å². The normalized spacial score (nSPS) is 11.4. The summed E-state index contributed by atoms with van der Waals surface area (Å²) in [6.07, 6.45) is 0. The summed E-state index contributed by atoms with van der Waals surface area (Å²) in [5, 5.41) is 0. The van der Waals surface area contributed by atoms with Crippen LogP contribution in [0, 0.1) is 11.6 Å². The Morgan fingerprint density at radius 3 is 2.19 bits per heavy atom. The standard InChI is InChI=1S/C9H5Cl3F2O2/c1-16-7-3-6(14)5(13)2-4(7)8(15)9(10,11)12/h2-3H,1H3. The highest BCUT2D eigenvalue weighted by Gasteiger charge is 2.34. The number of hydrogen-bond acceptors (Lipinski definition) is 2. The summed E-state index contributed by atoms with van der Waals surface area (Å²) >= 11 is 16.0. The van der Waals surface area contributed by atoms with Crippen LogP contribution in [-0.2, 0) is 0 Å². The molecule has 7 heteroatoms. The molecule has 0 aliphatic heterocycles. The molecule has 0 bridgehead atoms. The van der Waals surface area contributed by atoms with Crippen molar-refractivity contribution in [1.29, 1.82) is 0 Å². The van der Waals surface area contributed by atoms with Gasteiger partial charge in [0.2, 0.25) is 5.78 Å². The number of ketones is 1. The van der Waals surface area contributed by atoms with Crippen molar-refractivity contribution in [2.75, 3.05) is 7.11 Å². The van der Waals surface area contributed by atoms with Gasteiger partial charge in [-0.3, -0.25) is 4.79 Å². The van der Waals surface area contributed by atoms with Crippen LogP contribution in [0.3, 0.4) is 0 Å². The second kappa shape index (κ2) is 4.73. The Balaban J connectivity index is 3.33. The molecule has 16 heavy (non-hydrogen) atoms. The second-order valence-electron chi connectivity index (χ2n) is 2.79. The van der Waals surface area contributed by atoms with Gasteiger partial charge in [0.15, 0.2) is 11.6 Å². The molecule has 0 radical (unpaired) electrons. The lowest BCUT2D eigenvalue weighted by molar-refractivity contribution is 0.0993. The Kier molecular flexibility index (Phi) is 3.99. The van der Waals surface area contributed by atoms with Gasteiger partial charge in [0.25, 0.3) is 3.79 Å². The zero-order chi connectivity index (χ0) is 12.5. The number of hydrogen-bond donors (Lipinski definition) is 0. The number of alkyl halides is 3. The van der Waals surface area contributed by atoms with E-state index in [1.807, 2.05) is 0 Å². The Hall–Kier alpha value is -0.580. The zero-order valence-electron chi connectivity index (χ0n) is 7.86. The van der Waals surface area contributed by atoms with Crippen LogP contribution >= 0.6 is 34.8 Å². The minimum atomic E-state index is -2.25. The van der Waals surface area contributed by atoms with Crippen LogP contribution in [0.5, 0.6) is 5.75 Å². The molecule has 2 nitrogen and oxygen atoms in total. The van der Waals surface area contributed by atoms with Crippen LogP contribution in [0.2, 0.25) is 0 Å². The molecule has 1 aromatic rings. The molecule has 0 amide bonds. The van der Waals surface area contributed by atoms with Crippen molar-refractivity contribution in [2.24, 2.45) is 0 Å². The van der Waals surface area contributed by atoms with Gasteiger partial charge in [-0.05, 0) is 6.07 Å². The molecular formula is C9H5Cl3F2O2. The Labute approximate surface area is 105 Å². The average Bonchev–Trinajstić information content (AvgIpc) is 2.19. The van der Waals surface area contributed by atoms with Crippen LogP contribution in [0.1, 0.15) is 10.4 Å². The van der Waals surface area contributed by atoms with Crippen molar-refractivity contribution in [1.82, 2.24) is 0 Å². The summed E-state index contributed by atoms with van der Waals surface area (Å²) in [5.41, 5.74) is -0.332. The van der Waals surface area contributed by atoms with Crippen LogP contribution in [0.4, 0.5) is 8.78 Å². The van der Waals surface area contributed by atoms with Gasteiger partial charge in [-0.1, -0.05) is 34.8 Å². The summed E-state index contributed by atoms with van der Waals surface area (Å²) in [4.78, 5) is 11.5. The van der Waals surface area contributed by atoms with E-state index in [-0.39, 0.29) is 11.3 Å². The van der Waals surface area contributed by atoms with Crippen molar-refractivity contribution < 1.29 is 18.3 Å². The van der Waals surface area contributed by atoms with Gasteiger partial charge in [-0.25, -0.2) is 8.78 Å². The van der Waals surface area contributed by atoms with E-state index in [1.54, 1.807) is 0 Å². The molecule has 0 aromatic heterocycles. The number of ether oxygens (including phenoxy) is 1. The number of benzene rings is 1. The maximum atomic E-state index is 12.9. The molecule has 0 aliphatic rings. The van der Waals surface area contributed by atoms with Gasteiger partial charge in [-0.15, -0.1) is 0 Å². The molecule has 1 rings (SSSR count). The lowest BCUT2D eigenvalue weighted by Crippen LogP contribution is -2.20. The summed E-state index contributed by atoms with van der Waals surface area (Å²) in [5.74, 6) is -3.57. The topological polar surface area (TPSA) is 26.3 Å². The molecule has 0 fully saturated rings. The highest BCUT2D eigenvalue weighted by molar-refractivity contribution is 6.77. The van der Waals surface area contributed by atoms with Crippen molar-refractivity contribution in [2.45, 2.75) is 3.79 Å². The Morgan fingerprint density at radius 1 is 1.25 bits per heavy atom. The first-order valence-corrected chi connectivity index (χ1v) is 5.05. The molecule has 0 heterocycles. The monoisotopic (exact) mass is 288 g/mol. The van der Waals surface area contributed by atoms with Crippen molar-refractivity contribution >= 4 is 40.6 Å². The highest BCUT2D eigenvalue weighted by Crippen LogP contribution is 2.34. The third-order valence-electron chi connectivity index (χ3n) is 1.74. The molecule has 0 saturated heterocycles. The van der Waals surface area contributed by atoms with Gasteiger partial charge >= 0.3 is 0 Å². The fourth-order valence-corrected chi connectivity index (χ4v) is 1.33. The molecule has 0 spiro atoms. The second-order valence-corrected chi connectivity index (χ2v) is 5.07. The van der Waals surface area contributed by atoms with E-state index in [0.29, 0.717) is 12.1 Å². The van der Waals surface area contributed by atoms with E-state index in [2.05, 4.69) is 0 Å². The van der Waals surface area contributed by atoms with Gasteiger partial charge < -0.3 is 4.74 Å². The van der Waals surface area contributed by atoms with Crippen molar-refractivity contribution in [3.8, 4) is 5.75 Å². The van der Waals surface area contributed by atoms with E-state index >= 15 is 0 Å². The number of halogens is 5. The minimum absolute atomic E-state index is 0.199. The van der Waals surface area contributed by atoms with Crippen LogP contribution < -0.4 is 4.74 Å². The lowest BCUT2D eigenvalue weighted by Gasteiger charge is -2.12. The predicted molar refractivity (Wildman–Crippen MR) is 57.5 cm³/mol. The fraction of sp³-hybridized carbons (Fsp3) is 0.222. The molecule has 0 aliphatic carbocycles. The first-order chi connectivity index (χ1) is 7.27. The number of methoxy groups -OCH3 is 1. The third kappa shape index (κ3) is 2.75. The zero-order valence-corrected chi connectivity index (χ0v) is 10.1. The predicted octanol–water partition coefficient (Wildman–Crippen LogP) is 3.53. The molecule has 0 saturated carbocycles. The maximum Gasteiger partial charge on any atom is 0.253 e. The van der Waals surface area contributed by atoms with Crippen LogP contribution in [0.25, 0.3) is 0 Å². The molecular weight excluding hydrogens is 284 g/mol. The van der Waals surface area contributed by atoms with Crippen LogP contribution in [0.15, 0.2) is 12.1 Å². The Morgan fingerprint density at radius 2 is 1.75 bits per heavy atom. The first kappa shape index (κ1) is 13.5. The third-order valence-corrected chi connectivity index (χ3v) is 2.26. The lowest BCUT2D eigenvalue weighted by atomic mass is 10.1. The largest absolute Gasteiger partial charge is 0.496 e. The van der Waals surface area contributed by atoms with E-state index in [1.165, 1.54) is 7.11 Å². The van der Waals surface area contributed by atoms with E-state index < -0.39 is 21.2 Å². The molecule has 0 unspecified atom stereocenters. The average molecular weight is 289 g/mol. The quantitative estimate of drug-likeness (QED) is 0.615. The summed E-state index contributed by atoms with van der Waals surface area (Å²) in [7, 11) is 1.18. The SMILES string of the molecule is COc1cc(F)c(F)cc1C(=O)C(Cl)(Cl)Cl. The van der Waals surface area contributed by atoms with E-state index in [9.17, 15) is 13.6 Å². The highest BCUT2D eigenvalue weighted by atomic mass is 35.6.